The van der Waals surface area contributed by atoms with E-state index >= 15 is 0 Å². The van der Waals surface area contributed by atoms with E-state index in [1.807, 2.05) is 18.2 Å². The monoisotopic (exact) mass is 384 g/mol. The van der Waals surface area contributed by atoms with Gasteiger partial charge in [-0.2, -0.15) is 0 Å². The van der Waals surface area contributed by atoms with Crippen LogP contribution in [0.3, 0.4) is 0 Å². The van der Waals surface area contributed by atoms with Crippen molar-refractivity contribution in [3.63, 3.8) is 0 Å². The summed E-state index contributed by atoms with van der Waals surface area (Å²) < 4.78 is 46.0. The molecule has 0 heterocycles. The van der Waals surface area contributed by atoms with Gasteiger partial charge in [0, 0.05) is 5.56 Å². The average Bonchev–Trinajstić information content (AvgIpc) is 2.67. The molecule has 0 spiro atoms. The molecule has 0 aromatic heterocycles. The number of rotatable bonds is 6. The summed E-state index contributed by atoms with van der Waals surface area (Å²) in [5, 5.41) is 0. The largest absolute Gasteiger partial charge is 0.573 e. The van der Waals surface area contributed by atoms with Crippen molar-refractivity contribution in [2.75, 3.05) is 0 Å². The van der Waals surface area contributed by atoms with Crippen LogP contribution in [0.25, 0.3) is 6.08 Å². The summed E-state index contributed by atoms with van der Waals surface area (Å²) in [5.41, 5.74) is 1.00. The van der Waals surface area contributed by atoms with Gasteiger partial charge in [-0.05, 0) is 48.0 Å². The fourth-order valence-electron chi connectivity index (χ4n) is 2.39. The summed E-state index contributed by atoms with van der Waals surface area (Å²) in [6.45, 7) is 0. The second-order valence-corrected chi connectivity index (χ2v) is 5.76. The molecule has 0 aliphatic rings. The van der Waals surface area contributed by atoms with Crippen molar-refractivity contribution in [3.05, 3.63) is 96.1 Å². The average molecular weight is 384 g/mol. The van der Waals surface area contributed by atoms with Gasteiger partial charge in [-0.1, -0.05) is 48.5 Å². The lowest BCUT2D eigenvalue weighted by atomic mass is 10.1. The van der Waals surface area contributed by atoms with Crippen molar-refractivity contribution in [2.24, 2.45) is 0 Å². The van der Waals surface area contributed by atoms with Gasteiger partial charge in [-0.25, -0.2) is 0 Å². The number of allylic oxidation sites excluding steroid dienone is 1. The quantitative estimate of drug-likeness (QED) is 0.371. The number of ether oxygens (including phenoxy) is 2. The number of hydrogen-bond acceptors (Lipinski definition) is 3. The van der Waals surface area contributed by atoms with Crippen molar-refractivity contribution < 1.29 is 27.4 Å². The number of hydrogen-bond donors (Lipinski definition) is 0. The third-order valence-electron chi connectivity index (χ3n) is 3.64. The highest BCUT2D eigenvalue weighted by Gasteiger charge is 2.30. The maximum atomic E-state index is 12.4. The van der Waals surface area contributed by atoms with Crippen molar-refractivity contribution in [2.45, 2.75) is 6.36 Å². The van der Waals surface area contributed by atoms with Crippen LogP contribution in [0.4, 0.5) is 13.2 Å². The van der Waals surface area contributed by atoms with Crippen LogP contribution in [0.1, 0.15) is 15.9 Å². The van der Waals surface area contributed by atoms with Gasteiger partial charge in [-0.3, -0.25) is 4.79 Å². The zero-order valence-corrected chi connectivity index (χ0v) is 14.5. The van der Waals surface area contributed by atoms with Gasteiger partial charge in [0.1, 0.15) is 17.2 Å². The van der Waals surface area contributed by atoms with Crippen LogP contribution in [0.5, 0.6) is 17.2 Å². The Labute approximate surface area is 159 Å². The Morgan fingerprint density at radius 2 is 1.46 bits per heavy atom. The zero-order valence-electron chi connectivity index (χ0n) is 14.5. The molecule has 0 saturated heterocycles. The minimum Gasteiger partial charge on any atom is -0.457 e. The van der Waals surface area contributed by atoms with Gasteiger partial charge >= 0.3 is 6.36 Å². The third kappa shape index (κ3) is 5.74. The highest BCUT2D eigenvalue weighted by Crippen LogP contribution is 2.24. The SMILES string of the molecule is O=C(C=Cc1ccc(OC(F)(F)F)cc1)c1cccc(Oc2ccccc2)c1. The van der Waals surface area contributed by atoms with Crippen molar-refractivity contribution in [1.29, 1.82) is 0 Å². The summed E-state index contributed by atoms with van der Waals surface area (Å²) in [6.07, 6.45) is -1.87. The lowest BCUT2D eigenvalue weighted by molar-refractivity contribution is -0.274. The van der Waals surface area contributed by atoms with Crippen LogP contribution >= 0.6 is 0 Å². The van der Waals surface area contributed by atoms with Gasteiger partial charge in [0.15, 0.2) is 5.78 Å². The van der Waals surface area contributed by atoms with Gasteiger partial charge in [-0.15, -0.1) is 13.2 Å². The molecule has 0 amide bonds. The number of carbonyl (C=O) groups excluding carboxylic acids is 1. The molecule has 0 unspecified atom stereocenters. The third-order valence-corrected chi connectivity index (χ3v) is 3.64. The Hall–Kier alpha value is -3.54. The smallest absolute Gasteiger partial charge is 0.457 e. The summed E-state index contributed by atoms with van der Waals surface area (Å²) in [7, 11) is 0. The number of benzene rings is 3. The maximum absolute atomic E-state index is 12.4. The first kappa shape index (κ1) is 19.2. The first-order valence-electron chi connectivity index (χ1n) is 8.30. The van der Waals surface area contributed by atoms with E-state index in [9.17, 15) is 18.0 Å². The fraction of sp³-hybridized carbons (Fsp3) is 0.0455. The Morgan fingerprint density at radius 1 is 0.786 bits per heavy atom. The first-order chi connectivity index (χ1) is 13.4. The lowest BCUT2D eigenvalue weighted by Crippen LogP contribution is -2.16. The normalized spacial score (nSPS) is 11.4. The number of ketones is 1. The molecule has 0 aliphatic carbocycles. The van der Waals surface area contributed by atoms with Gasteiger partial charge in [0.25, 0.3) is 0 Å². The molecule has 3 aromatic carbocycles. The molecule has 0 radical (unpaired) electrons. The molecule has 3 aromatic rings. The molecule has 142 valence electrons. The second-order valence-electron chi connectivity index (χ2n) is 5.76. The number of halogens is 3. The van der Waals surface area contributed by atoms with Gasteiger partial charge < -0.3 is 9.47 Å². The number of carbonyl (C=O) groups is 1. The van der Waals surface area contributed by atoms with Crippen LogP contribution < -0.4 is 9.47 Å². The Kier molecular flexibility index (Phi) is 5.79. The molecule has 3 rings (SSSR count). The van der Waals surface area contributed by atoms with E-state index in [-0.39, 0.29) is 11.5 Å². The zero-order chi connectivity index (χ0) is 20.0. The van der Waals surface area contributed by atoms with Crippen LogP contribution in [0.15, 0.2) is 84.9 Å². The highest BCUT2D eigenvalue weighted by molar-refractivity contribution is 6.07. The van der Waals surface area contributed by atoms with Crippen LogP contribution in [-0.4, -0.2) is 12.1 Å². The standard InChI is InChI=1S/C22H15F3O3/c23-22(24,25)28-19-12-9-16(10-13-19)11-14-21(26)17-5-4-8-20(15-17)27-18-6-2-1-3-7-18/h1-15H. The maximum Gasteiger partial charge on any atom is 0.573 e. The Morgan fingerprint density at radius 3 is 2.14 bits per heavy atom. The van der Waals surface area contributed by atoms with Crippen molar-refractivity contribution in [3.8, 4) is 17.2 Å². The Balaban J connectivity index is 1.66. The van der Waals surface area contributed by atoms with E-state index in [1.165, 1.54) is 36.4 Å². The van der Waals surface area contributed by atoms with Crippen molar-refractivity contribution >= 4 is 11.9 Å². The topological polar surface area (TPSA) is 35.5 Å². The minimum absolute atomic E-state index is 0.255. The molecular formula is C22H15F3O3. The Bertz CT molecular complexity index is 962. The molecule has 6 heteroatoms. The predicted octanol–water partition coefficient (Wildman–Crippen LogP) is 6.27. The number of alkyl halides is 3. The van der Waals surface area contributed by atoms with E-state index in [4.69, 9.17) is 4.74 Å². The highest BCUT2D eigenvalue weighted by atomic mass is 19.4. The van der Waals surface area contributed by atoms with E-state index in [0.717, 1.165) is 0 Å². The minimum atomic E-state index is -4.74. The lowest BCUT2D eigenvalue weighted by Gasteiger charge is -2.08. The molecule has 0 N–H and O–H groups in total. The summed E-state index contributed by atoms with van der Waals surface area (Å²) >= 11 is 0. The van der Waals surface area contributed by atoms with E-state index in [1.54, 1.807) is 36.4 Å². The summed E-state index contributed by atoms with van der Waals surface area (Å²) in [4.78, 5) is 12.4. The molecule has 0 aliphatic heterocycles. The van der Waals surface area contributed by atoms with E-state index < -0.39 is 6.36 Å². The molecule has 0 fully saturated rings. The van der Waals surface area contributed by atoms with Crippen molar-refractivity contribution in [1.82, 2.24) is 0 Å². The summed E-state index contributed by atoms with van der Waals surface area (Å²) in [6, 6.07) is 21.1. The predicted molar refractivity (Wildman–Crippen MR) is 99.4 cm³/mol. The van der Waals surface area contributed by atoms with Crippen LogP contribution in [0.2, 0.25) is 0 Å². The van der Waals surface area contributed by atoms with Crippen LogP contribution in [0, 0.1) is 0 Å². The van der Waals surface area contributed by atoms with E-state index in [0.29, 0.717) is 22.6 Å². The number of para-hydroxylation sites is 1. The molecule has 0 atom stereocenters. The van der Waals surface area contributed by atoms with E-state index in [2.05, 4.69) is 4.74 Å². The molecule has 0 saturated carbocycles. The molecular weight excluding hydrogens is 369 g/mol. The molecule has 0 bridgehead atoms. The fourth-order valence-corrected chi connectivity index (χ4v) is 2.39. The second kappa shape index (κ2) is 8.43. The van der Waals surface area contributed by atoms with Gasteiger partial charge in [0.05, 0.1) is 0 Å². The first-order valence-corrected chi connectivity index (χ1v) is 8.30. The molecule has 28 heavy (non-hydrogen) atoms. The molecule has 3 nitrogen and oxygen atoms in total. The van der Waals surface area contributed by atoms with Gasteiger partial charge in [0.2, 0.25) is 0 Å². The summed E-state index contributed by atoms with van der Waals surface area (Å²) in [5.74, 6) is 0.610. The van der Waals surface area contributed by atoms with Crippen LogP contribution in [-0.2, 0) is 0 Å².